The van der Waals surface area contributed by atoms with Crippen molar-refractivity contribution >= 4 is 23.5 Å². The highest BCUT2D eigenvalue weighted by molar-refractivity contribution is 7.98. The molecule has 0 saturated carbocycles. The zero-order valence-electron chi connectivity index (χ0n) is 10.7. The quantitative estimate of drug-likeness (QED) is 0.728. The predicted molar refractivity (Wildman–Crippen MR) is 73.4 cm³/mol. The van der Waals surface area contributed by atoms with E-state index in [2.05, 4.69) is 10.3 Å². The molecule has 1 aromatic heterocycles. The average molecular weight is 270 g/mol. The van der Waals surface area contributed by atoms with Crippen molar-refractivity contribution in [3.63, 3.8) is 0 Å². The van der Waals surface area contributed by atoms with Gasteiger partial charge in [-0.1, -0.05) is 0 Å². The average Bonchev–Trinajstić information content (AvgIpc) is 2.26. The lowest BCUT2D eigenvalue weighted by atomic mass is 10.1. The highest BCUT2D eigenvalue weighted by Gasteiger charge is 2.19. The number of aliphatic hydroxyl groups is 1. The Morgan fingerprint density at radius 3 is 2.78 bits per heavy atom. The van der Waals surface area contributed by atoms with Crippen molar-refractivity contribution in [3.8, 4) is 0 Å². The number of thioether (sulfide) groups is 1. The number of rotatable bonds is 6. The van der Waals surface area contributed by atoms with Gasteiger partial charge in [-0.25, -0.2) is 9.78 Å². The van der Waals surface area contributed by atoms with Crippen LogP contribution in [-0.4, -0.2) is 45.3 Å². The van der Waals surface area contributed by atoms with Gasteiger partial charge >= 0.3 is 5.97 Å². The first-order valence-electron chi connectivity index (χ1n) is 5.51. The number of carboxylic acids is 1. The topological polar surface area (TPSA) is 82.5 Å². The second kappa shape index (κ2) is 6.06. The van der Waals surface area contributed by atoms with Gasteiger partial charge in [0.05, 0.1) is 11.2 Å². The maximum absolute atomic E-state index is 10.9. The molecule has 3 N–H and O–H groups in total. The summed E-state index contributed by atoms with van der Waals surface area (Å²) < 4.78 is 0. The number of carbonyl (C=O) groups is 1. The molecule has 0 aromatic carbocycles. The molecule has 0 aliphatic rings. The van der Waals surface area contributed by atoms with Crippen LogP contribution < -0.4 is 5.32 Å². The van der Waals surface area contributed by atoms with Gasteiger partial charge in [0.15, 0.2) is 0 Å². The number of hydrogen-bond donors (Lipinski definition) is 3. The van der Waals surface area contributed by atoms with E-state index >= 15 is 0 Å². The minimum Gasteiger partial charge on any atom is -0.478 e. The van der Waals surface area contributed by atoms with Crippen molar-refractivity contribution in [1.29, 1.82) is 0 Å². The van der Waals surface area contributed by atoms with Crippen molar-refractivity contribution in [1.82, 2.24) is 4.98 Å². The Morgan fingerprint density at radius 1 is 1.56 bits per heavy atom. The monoisotopic (exact) mass is 270 g/mol. The van der Waals surface area contributed by atoms with Crippen LogP contribution in [0.2, 0.25) is 0 Å². The molecule has 0 aliphatic heterocycles. The van der Waals surface area contributed by atoms with Crippen LogP contribution in [0.25, 0.3) is 0 Å². The molecule has 18 heavy (non-hydrogen) atoms. The SMILES string of the molecule is CSCC(C)(O)CNc1cc(C(=O)O)cc(C)n1. The first kappa shape index (κ1) is 14.8. The number of nitrogens with one attached hydrogen (secondary N) is 1. The molecule has 1 unspecified atom stereocenters. The van der Waals surface area contributed by atoms with Gasteiger partial charge in [-0.2, -0.15) is 11.8 Å². The lowest BCUT2D eigenvalue weighted by molar-refractivity contribution is 0.0696. The van der Waals surface area contributed by atoms with E-state index in [-0.39, 0.29) is 5.56 Å². The largest absolute Gasteiger partial charge is 0.478 e. The van der Waals surface area contributed by atoms with E-state index < -0.39 is 11.6 Å². The summed E-state index contributed by atoms with van der Waals surface area (Å²) in [6.07, 6.45) is 1.92. The van der Waals surface area contributed by atoms with E-state index in [0.717, 1.165) is 0 Å². The van der Waals surface area contributed by atoms with Crippen LogP contribution in [0.4, 0.5) is 5.82 Å². The van der Waals surface area contributed by atoms with Gasteiger partial charge in [0, 0.05) is 18.0 Å². The molecule has 0 radical (unpaired) electrons. The van der Waals surface area contributed by atoms with Crippen molar-refractivity contribution < 1.29 is 15.0 Å². The normalized spacial score (nSPS) is 14.0. The summed E-state index contributed by atoms with van der Waals surface area (Å²) in [5.74, 6) is 0.0747. The lowest BCUT2D eigenvalue weighted by Crippen LogP contribution is -2.36. The third-order valence-electron chi connectivity index (χ3n) is 2.31. The highest BCUT2D eigenvalue weighted by Crippen LogP contribution is 2.14. The maximum atomic E-state index is 10.9. The zero-order chi connectivity index (χ0) is 13.8. The third-order valence-corrected chi connectivity index (χ3v) is 3.22. The molecule has 0 bridgehead atoms. The molecule has 1 heterocycles. The lowest BCUT2D eigenvalue weighted by Gasteiger charge is -2.23. The van der Waals surface area contributed by atoms with Crippen LogP contribution in [0.15, 0.2) is 12.1 Å². The molecule has 0 saturated heterocycles. The van der Waals surface area contributed by atoms with Crippen LogP contribution in [0.1, 0.15) is 23.0 Å². The number of nitrogens with zero attached hydrogens (tertiary/aromatic N) is 1. The summed E-state index contributed by atoms with van der Waals surface area (Å²) in [4.78, 5) is 15.1. The van der Waals surface area contributed by atoms with Gasteiger partial charge in [0.2, 0.25) is 0 Å². The van der Waals surface area contributed by atoms with E-state index in [4.69, 9.17) is 5.11 Å². The molecule has 0 fully saturated rings. The van der Waals surface area contributed by atoms with Crippen LogP contribution in [0.3, 0.4) is 0 Å². The Bertz CT molecular complexity index is 435. The van der Waals surface area contributed by atoms with Gasteiger partial charge in [-0.3, -0.25) is 0 Å². The zero-order valence-corrected chi connectivity index (χ0v) is 11.5. The Kier molecular flexibility index (Phi) is 4.98. The summed E-state index contributed by atoms with van der Waals surface area (Å²) in [5, 5.41) is 21.9. The maximum Gasteiger partial charge on any atom is 0.335 e. The standard InChI is InChI=1S/C12H18N2O3S/c1-8-4-9(11(15)16)5-10(14-8)13-6-12(2,17)7-18-3/h4-5,17H,6-7H2,1-3H3,(H,13,14)(H,15,16). The van der Waals surface area contributed by atoms with Crippen LogP contribution >= 0.6 is 11.8 Å². The molecule has 0 aliphatic carbocycles. The number of aryl methyl sites for hydroxylation is 1. The Hall–Kier alpha value is -1.27. The number of pyridine rings is 1. The molecule has 0 amide bonds. The molecule has 1 rings (SSSR count). The molecular weight excluding hydrogens is 252 g/mol. The molecule has 6 heteroatoms. The van der Waals surface area contributed by atoms with E-state index in [9.17, 15) is 9.90 Å². The third kappa shape index (κ3) is 4.54. The van der Waals surface area contributed by atoms with Crippen LogP contribution in [-0.2, 0) is 0 Å². The van der Waals surface area contributed by atoms with Gasteiger partial charge in [-0.05, 0) is 32.2 Å². The second-order valence-electron chi connectivity index (χ2n) is 4.47. The second-order valence-corrected chi connectivity index (χ2v) is 5.34. The van der Waals surface area contributed by atoms with Crippen molar-refractivity contribution in [3.05, 3.63) is 23.4 Å². The fraction of sp³-hybridized carbons (Fsp3) is 0.500. The molecule has 1 atom stereocenters. The number of anilines is 1. The summed E-state index contributed by atoms with van der Waals surface area (Å²) in [6.45, 7) is 3.78. The summed E-state index contributed by atoms with van der Waals surface area (Å²) in [7, 11) is 0. The fourth-order valence-corrected chi connectivity index (χ4v) is 2.25. The van der Waals surface area contributed by atoms with Crippen LogP contribution in [0.5, 0.6) is 0 Å². The summed E-state index contributed by atoms with van der Waals surface area (Å²) in [6, 6.07) is 2.97. The summed E-state index contributed by atoms with van der Waals surface area (Å²) in [5.41, 5.74) is -0.0368. The number of aromatic carboxylic acids is 1. The molecule has 0 spiro atoms. The Balaban J connectivity index is 2.76. The van der Waals surface area contributed by atoms with Gasteiger partial charge in [0.1, 0.15) is 5.82 Å². The van der Waals surface area contributed by atoms with Crippen molar-refractivity contribution in [2.75, 3.05) is 23.9 Å². The van der Waals surface area contributed by atoms with E-state index in [1.165, 1.54) is 12.1 Å². The predicted octanol–water partition coefficient (Wildman–Crippen LogP) is 1.61. The highest BCUT2D eigenvalue weighted by atomic mass is 32.2. The number of hydrogen-bond acceptors (Lipinski definition) is 5. The number of aromatic nitrogens is 1. The van der Waals surface area contributed by atoms with E-state index in [0.29, 0.717) is 23.8 Å². The van der Waals surface area contributed by atoms with Gasteiger partial charge < -0.3 is 15.5 Å². The first-order valence-corrected chi connectivity index (χ1v) is 6.90. The Morgan fingerprint density at radius 2 is 2.22 bits per heavy atom. The van der Waals surface area contributed by atoms with Crippen LogP contribution in [0, 0.1) is 6.92 Å². The molecule has 5 nitrogen and oxygen atoms in total. The Labute approximate surface area is 111 Å². The minimum atomic E-state index is -0.987. The molecule has 100 valence electrons. The van der Waals surface area contributed by atoms with E-state index in [1.54, 1.807) is 25.6 Å². The van der Waals surface area contributed by atoms with Gasteiger partial charge in [0.25, 0.3) is 0 Å². The van der Waals surface area contributed by atoms with E-state index in [1.807, 2.05) is 6.26 Å². The smallest absolute Gasteiger partial charge is 0.335 e. The number of carboxylic acid groups (broad SMARTS) is 1. The van der Waals surface area contributed by atoms with Gasteiger partial charge in [-0.15, -0.1) is 0 Å². The summed E-state index contributed by atoms with van der Waals surface area (Å²) >= 11 is 1.55. The van der Waals surface area contributed by atoms with Crippen molar-refractivity contribution in [2.24, 2.45) is 0 Å². The fourth-order valence-electron chi connectivity index (χ4n) is 1.53. The molecular formula is C12H18N2O3S. The van der Waals surface area contributed by atoms with Crippen molar-refractivity contribution in [2.45, 2.75) is 19.4 Å². The minimum absolute atomic E-state index is 0.189. The first-order chi connectivity index (χ1) is 8.34. The molecule has 1 aromatic rings.